The zero-order valence-corrected chi connectivity index (χ0v) is 20.0. The molecule has 4 N–H and O–H groups in total. The zero-order chi connectivity index (χ0) is 25.6. The molecule has 11 heteroatoms. The van der Waals surface area contributed by atoms with Crippen molar-refractivity contribution in [2.75, 3.05) is 6.61 Å². The van der Waals surface area contributed by atoms with Crippen LogP contribution in [0.25, 0.3) is 10.9 Å². The van der Waals surface area contributed by atoms with E-state index in [0.29, 0.717) is 17.3 Å². The van der Waals surface area contributed by atoms with Crippen molar-refractivity contribution in [3.05, 3.63) is 64.6 Å². The van der Waals surface area contributed by atoms with Gasteiger partial charge in [-0.25, -0.2) is 4.39 Å². The number of fused-ring (bicyclic) bond motifs is 3. The van der Waals surface area contributed by atoms with E-state index in [-0.39, 0.29) is 40.7 Å². The summed E-state index contributed by atoms with van der Waals surface area (Å²) in [5.41, 5.74) is 6.20. The first-order valence-corrected chi connectivity index (χ1v) is 12.1. The van der Waals surface area contributed by atoms with Crippen molar-refractivity contribution in [3.8, 4) is 0 Å². The fourth-order valence-corrected chi connectivity index (χ4v) is 5.77. The van der Waals surface area contributed by atoms with Gasteiger partial charge in [-0.1, -0.05) is 41.9 Å². The van der Waals surface area contributed by atoms with E-state index in [2.05, 4.69) is 10.4 Å². The van der Waals surface area contributed by atoms with Gasteiger partial charge in [0.25, 0.3) is 5.91 Å². The number of aliphatic hydroxyl groups is 1. The summed E-state index contributed by atoms with van der Waals surface area (Å²) >= 11 is 5.88. The minimum atomic E-state index is -1.01. The number of carbonyl (C=O) groups is 3. The highest BCUT2D eigenvalue weighted by Gasteiger charge is 2.51. The second-order valence-electron chi connectivity index (χ2n) is 9.25. The van der Waals surface area contributed by atoms with Gasteiger partial charge in [0.15, 0.2) is 5.69 Å². The highest BCUT2D eigenvalue weighted by molar-refractivity contribution is 6.30. The van der Waals surface area contributed by atoms with Gasteiger partial charge < -0.3 is 21.1 Å². The Morgan fingerprint density at radius 1 is 1.19 bits per heavy atom. The monoisotopic (exact) mass is 513 g/mol. The lowest BCUT2D eigenvalue weighted by Gasteiger charge is -2.35. The van der Waals surface area contributed by atoms with E-state index < -0.39 is 36.3 Å². The van der Waals surface area contributed by atoms with Gasteiger partial charge in [0.1, 0.15) is 18.4 Å². The molecule has 2 fully saturated rings. The van der Waals surface area contributed by atoms with Crippen LogP contribution in [-0.2, 0) is 16.1 Å². The van der Waals surface area contributed by atoms with Crippen molar-refractivity contribution in [1.29, 1.82) is 0 Å². The summed E-state index contributed by atoms with van der Waals surface area (Å²) < 4.78 is 16.0. The lowest BCUT2D eigenvalue weighted by molar-refractivity contribution is -0.143. The summed E-state index contributed by atoms with van der Waals surface area (Å²) in [4.78, 5) is 40.3. The molecule has 2 aliphatic rings. The highest BCUT2D eigenvalue weighted by Crippen LogP contribution is 2.43. The molecule has 9 nitrogen and oxygen atoms in total. The number of amides is 3. The van der Waals surface area contributed by atoms with Gasteiger partial charge in [-0.15, -0.1) is 0 Å². The number of piperidine rings is 1. The Bertz CT molecular complexity index is 1360. The summed E-state index contributed by atoms with van der Waals surface area (Å²) in [5.74, 6) is -2.23. The largest absolute Gasteiger partial charge is 0.394 e. The number of primary amides is 1. The molecule has 188 valence electrons. The molecule has 1 unspecified atom stereocenters. The lowest BCUT2D eigenvalue weighted by Crippen LogP contribution is -2.54. The Morgan fingerprint density at radius 3 is 2.72 bits per heavy atom. The molecule has 1 saturated carbocycles. The van der Waals surface area contributed by atoms with Gasteiger partial charge in [-0.3, -0.25) is 19.1 Å². The van der Waals surface area contributed by atoms with Crippen molar-refractivity contribution in [2.24, 2.45) is 11.7 Å². The summed E-state index contributed by atoms with van der Waals surface area (Å²) in [7, 11) is 0. The van der Waals surface area contributed by atoms with Crippen LogP contribution in [0.3, 0.4) is 0 Å². The Morgan fingerprint density at radius 2 is 1.97 bits per heavy atom. The number of aliphatic hydroxyl groups excluding tert-OH is 1. The van der Waals surface area contributed by atoms with Crippen LogP contribution < -0.4 is 11.1 Å². The average Bonchev–Trinajstić information content (AvgIpc) is 3.58. The van der Waals surface area contributed by atoms with Crippen LogP contribution in [0.4, 0.5) is 4.39 Å². The molecule has 1 aliphatic heterocycles. The number of nitrogens with one attached hydrogen (secondary N) is 1. The number of halogens is 2. The first kappa shape index (κ1) is 24.2. The van der Waals surface area contributed by atoms with E-state index in [0.717, 1.165) is 12.8 Å². The number of carbonyl (C=O) groups excluding carboxylic acids is 3. The van der Waals surface area contributed by atoms with Gasteiger partial charge in [-0.2, -0.15) is 5.10 Å². The minimum Gasteiger partial charge on any atom is -0.394 e. The van der Waals surface area contributed by atoms with Crippen LogP contribution in [0.5, 0.6) is 0 Å². The van der Waals surface area contributed by atoms with Gasteiger partial charge in [-0.05, 0) is 37.3 Å². The van der Waals surface area contributed by atoms with E-state index in [1.165, 1.54) is 22.9 Å². The van der Waals surface area contributed by atoms with Gasteiger partial charge in [0, 0.05) is 17.0 Å². The van der Waals surface area contributed by atoms with E-state index >= 15 is 0 Å². The quantitative estimate of drug-likeness (QED) is 0.445. The third-order valence-corrected chi connectivity index (χ3v) is 7.47. The minimum absolute atomic E-state index is 0.0435. The Balaban J connectivity index is 1.39. The third-order valence-electron chi connectivity index (χ3n) is 7.17. The number of aromatic nitrogens is 2. The molecule has 2 heterocycles. The van der Waals surface area contributed by atoms with E-state index in [4.69, 9.17) is 17.3 Å². The van der Waals surface area contributed by atoms with Crippen LogP contribution in [0.2, 0.25) is 5.02 Å². The fourth-order valence-electron chi connectivity index (χ4n) is 5.59. The van der Waals surface area contributed by atoms with Crippen molar-refractivity contribution < 1.29 is 23.9 Å². The second kappa shape index (κ2) is 9.51. The van der Waals surface area contributed by atoms with Crippen molar-refractivity contribution in [2.45, 2.75) is 43.9 Å². The topological polar surface area (TPSA) is 131 Å². The Kier molecular flexibility index (Phi) is 6.40. The normalized spacial score (nSPS) is 21.6. The SMILES string of the molecule is NC(=O)c1nn(CC(=O)N2[C@@H]3CC[C@@H](C3)[C@H]2C(=O)NC(CO)c2cccc(Cl)c2F)c2ccccc12. The maximum Gasteiger partial charge on any atom is 0.269 e. The first-order chi connectivity index (χ1) is 17.3. The molecule has 1 aromatic heterocycles. The van der Waals surface area contributed by atoms with Crippen LogP contribution in [0.15, 0.2) is 42.5 Å². The number of rotatable bonds is 7. The molecule has 3 amide bonds. The molecular weight excluding hydrogens is 489 g/mol. The van der Waals surface area contributed by atoms with Crippen LogP contribution >= 0.6 is 11.6 Å². The molecule has 1 aliphatic carbocycles. The Labute approximate surface area is 211 Å². The fraction of sp³-hybridized carbons (Fsp3) is 0.360. The van der Waals surface area contributed by atoms with Crippen LogP contribution in [0, 0.1) is 11.7 Å². The molecule has 0 spiro atoms. The second-order valence-corrected chi connectivity index (χ2v) is 9.65. The number of likely N-dealkylation sites (tertiary alicyclic amines) is 1. The van der Waals surface area contributed by atoms with Crippen LogP contribution in [-0.4, -0.2) is 56.2 Å². The Hall–Kier alpha value is -3.50. The first-order valence-electron chi connectivity index (χ1n) is 11.7. The predicted molar refractivity (Wildman–Crippen MR) is 129 cm³/mol. The zero-order valence-electron chi connectivity index (χ0n) is 19.2. The summed E-state index contributed by atoms with van der Waals surface area (Å²) in [6, 6.07) is 9.47. The molecule has 36 heavy (non-hydrogen) atoms. The van der Waals surface area contributed by atoms with Crippen LogP contribution in [0.1, 0.15) is 41.4 Å². The maximum absolute atomic E-state index is 14.5. The number of hydrogen-bond acceptors (Lipinski definition) is 5. The third kappa shape index (κ3) is 4.10. The van der Waals surface area contributed by atoms with E-state index in [9.17, 15) is 23.9 Å². The highest BCUT2D eigenvalue weighted by atomic mass is 35.5. The molecular formula is C25H25ClFN5O4. The van der Waals surface area contributed by atoms with Crippen molar-refractivity contribution in [1.82, 2.24) is 20.0 Å². The average molecular weight is 514 g/mol. The number of benzene rings is 2. The van der Waals surface area contributed by atoms with E-state index in [1.807, 2.05) is 0 Å². The van der Waals surface area contributed by atoms with Crippen molar-refractivity contribution >= 4 is 40.2 Å². The molecule has 2 bridgehead atoms. The van der Waals surface area contributed by atoms with E-state index in [1.54, 1.807) is 29.2 Å². The summed E-state index contributed by atoms with van der Waals surface area (Å²) in [6.07, 6.45) is 2.25. The standard InChI is InChI=1S/C25H25ClFN5O4/c26-17-6-3-5-15(21(17)27)18(12-33)29-25(36)23-13-8-9-14(10-13)32(23)20(34)11-31-19-7-2-1-4-16(19)22(30-31)24(28)35/h1-7,13-14,18,23,33H,8-12H2,(H2,28,35)(H,29,36)/t13-,14+,18?,23-/m0/s1. The molecule has 4 atom stereocenters. The summed E-state index contributed by atoms with van der Waals surface area (Å²) in [6.45, 7) is -0.708. The number of hydrogen-bond donors (Lipinski definition) is 3. The van der Waals surface area contributed by atoms with Crippen molar-refractivity contribution in [3.63, 3.8) is 0 Å². The molecule has 1 saturated heterocycles. The molecule has 2 aromatic carbocycles. The number of para-hydroxylation sites is 1. The maximum atomic E-state index is 14.5. The predicted octanol–water partition coefficient (Wildman–Crippen LogP) is 2.16. The smallest absolute Gasteiger partial charge is 0.269 e. The molecule has 0 radical (unpaired) electrons. The van der Waals surface area contributed by atoms with Gasteiger partial charge in [0.2, 0.25) is 11.8 Å². The molecule has 3 aromatic rings. The van der Waals surface area contributed by atoms with Gasteiger partial charge in [0.05, 0.1) is 23.2 Å². The lowest BCUT2D eigenvalue weighted by atomic mass is 9.96. The van der Waals surface area contributed by atoms with Gasteiger partial charge >= 0.3 is 0 Å². The molecule has 5 rings (SSSR count). The number of nitrogens with zero attached hydrogens (tertiary/aromatic N) is 3. The summed E-state index contributed by atoms with van der Waals surface area (Å²) in [5, 5.41) is 17.3. The number of nitrogens with two attached hydrogens (primary N) is 1.